The van der Waals surface area contributed by atoms with Crippen LogP contribution in [-0.4, -0.2) is 10.8 Å². The molecule has 1 rings (SSSR count). The molecule has 0 spiro atoms. The van der Waals surface area contributed by atoms with Crippen molar-refractivity contribution >= 4 is 28.7 Å². The molecule has 2 nitrogen and oxygen atoms in total. The second-order valence-corrected chi connectivity index (χ2v) is 3.98. The molecule has 0 radical (unpaired) electrons. The first kappa shape index (κ1) is 18.3. The van der Waals surface area contributed by atoms with Crippen molar-refractivity contribution in [2.75, 3.05) is 0 Å². The van der Waals surface area contributed by atoms with E-state index in [0.29, 0.717) is 0 Å². The van der Waals surface area contributed by atoms with E-state index in [1.165, 1.54) is 19.1 Å². The Bertz CT molecular complexity index is 509. The molecular weight excluding hydrogens is 287 g/mol. The van der Waals surface area contributed by atoms with Gasteiger partial charge in [-0.3, -0.25) is 4.79 Å². The van der Waals surface area contributed by atoms with E-state index in [0.717, 1.165) is 12.1 Å². The lowest BCUT2D eigenvalue weighted by Gasteiger charge is -2.11. The van der Waals surface area contributed by atoms with E-state index in [-0.39, 0.29) is 22.0 Å². The molecule has 0 saturated carbocycles. The van der Waals surface area contributed by atoms with Crippen molar-refractivity contribution in [2.45, 2.75) is 26.9 Å². The van der Waals surface area contributed by atoms with Gasteiger partial charge in [0.05, 0.1) is 5.56 Å². The predicted molar refractivity (Wildman–Crippen MR) is 78.2 cm³/mol. The van der Waals surface area contributed by atoms with Crippen LogP contribution in [0.25, 0.3) is 5.70 Å². The summed E-state index contributed by atoms with van der Waals surface area (Å²) >= 11 is 4.72. The van der Waals surface area contributed by atoms with Crippen molar-refractivity contribution in [1.29, 1.82) is 0 Å². The fourth-order valence-corrected chi connectivity index (χ4v) is 1.30. The van der Waals surface area contributed by atoms with Gasteiger partial charge in [0.15, 0.2) is 5.78 Å². The minimum atomic E-state index is -4.42. The van der Waals surface area contributed by atoms with E-state index in [4.69, 9.17) is 12.2 Å². The largest absolute Gasteiger partial charge is 0.416 e. The minimum Gasteiger partial charge on any atom is -0.344 e. The first-order chi connectivity index (χ1) is 9.21. The fourth-order valence-electron chi connectivity index (χ4n) is 1.18. The Labute approximate surface area is 121 Å². The molecule has 0 unspecified atom stereocenters. The molecule has 6 heteroatoms. The van der Waals surface area contributed by atoms with Crippen LogP contribution in [0.4, 0.5) is 13.2 Å². The molecule has 0 aromatic heterocycles. The topological polar surface area (TPSA) is 29.1 Å². The van der Waals surface area contributed by atoms with Gasteiger partial charge in [-0.15, -0.1) is 0 Å². The Kier molecular flexibility index (Phi) is 7.13. The lowest BCUT2D eigenvalue weighted by Crippen LogP contribution is -2.25. The number of hydrogen-bond acceptors (Lipinski definition) is 2. The number of carbonyl (C=O) groups excluding carboxylic acids is 1. The molecule has 1 aromatic carbocycles. The summed E-state index contributed by atoms with van der Waals surface area (Å²) in [5, 5.41) is 2.49. The Hall–Kier alpha value is -1.69. The third kappa shape index (κ3) is 5.52. The molecule has 0 fully saturated rings. The molecule has 0 amide bonds. The van der Waals surface area contributed by atoms with E-state index in [1.807, 2.05) is 13.8 Å². The summed E-state index contributed by atoms with van der Waals surface area (Å²) in [6.07, 6.45) is -4.42. The van der Waals surface area contributed by atoms with Crippen molar-refractivity contribution in [3.63, 3.8) is 0 Å². The first-order valence-corrected chi connectivity index (χ1v) is 6.31. The highest BCUT2D eigenvalue weighted by Gasteiger charge is 2.30. The second kappa shape index (κ2) is 7.79. The summed E-state index contributed by atoms with van der Waals surface area (Å²) < 4.78 is 37.5. The van der Waals surface area contributed by atoms with Gasteiger partial charge in [-0.2, -0.15) is 13.2 Å². The normalized spacial score (nSPS) is 10.1. The fraction of sp³-hybridized carbons (Fsp3) is 0.286. The molecule has 0 heterocycles. The molecule has 0 atom stereocenters. The zero-order valence-corrected chi connectivity index (χ0v) is 12.3. The number of rotatable bonds is 3. The standard InChI is InChI=1S/C12H10F3NOS.C2H6/c1-7(16-11(18)8(2)17)9-4-3-5-10(6-9)12(13,14)15;1-2/h3-6H,1H2,2H3,(H,16,18);1-2H3. The molecule has 110 valence electrons. The van der Waals surface area contributed by atoms with Crippen molar-refractivity contribution in [2.24, 2.45) is 0 Å². The molecule has 0 aliphatic carbocycles. The summed E-state index contributed by atoms with van der Waals surface area (Å²) in [6.45, 7) is 8.81. The van der Waals surface area contributed by atoms with Gasteiger partial charge in [0.2, 0.25) is 0 Å². The molecular formula is C14H16F3NOS. The van der Waals surface area contributed by atoms with E-state index in [2.05, 4.69) is 11.9 Å². The maximum absolute atomic E-state index is 12.5. The van der Waals surface area contributed by atoms with Gasteiger partial charge in [-0.05, 0) is 17.7 Å². The quantitative estimate of drug-likeness (QED) is 0.848. The van der Waals surface area contributed by atoms with Crippen LogP contribution < -0.4 is 5.32 Å². The van der Waals surface area contributed by atoms with Crippen molar-refractivity contribution in [3.05, 3.63) is 42.0 Å². The van der Waals surface area contributed by atoms with E-state index >= 15 is 0 Å². The summed E-state index contributed by atoms with van der Waals surface area (Å²) in [6, 6.07) is 4.62. The minimum absolute atomic E-state index is 0.0857. The highest BCUT2D eigenvalue weighted by molar-refractivity contribution is 7.82. The highest BCUT2D eigenvalue weighted by atomic mass is 32.1. The van der Waals surface area contributed by atoms with Gasteiger partial charge in [0.1, 0.15) is 4.99 Å². The van der Waals surface area contributed by atoms with E-state index < -0.39 is 11.7 Å². The van der Waals surface area contributed by atoms with E-state index in [1.54, 1.807) is 0 Å². The molecule has 0 aliphatic rings. The number of ketones is 1. The first-order valence-electron chi connectivity index (χ1n) is 5.90. The van der Waals surface area contributed by atoms with Crippen molar-refractivity contribution in [3.8, 4) is 0 Å². The number of carbonyl (C=O) groups is 1. The Morgan fingerprint density at radius 2 is 1.85 bits per heavy atom. The van der Waals surface area contributed by atoms with Gasteiger partial charge >= 0.3 is 6.18 Å². The van der Waals surface area contributed by atoms with Gasteiger partial charge in [0.25, 0.3) is 0 Å². The Morgan fingerprint density at radius 1 is 1.30 bits per heavy atom. The van der Waals surface area contributed by atoms with Crippen molar-refractivity contribution in [1.82, 2.24) is 5.32 Å². The van der Waals surface area contributed by atoms with Crippen LogP contribution in [0, 0.1) is 0 Å². The SMILES string of the molecule is C=C(NC(=S)C(C)=O)c1cccc(C(F)(F)F)c1.CC. The zero-order valence-electron chi connectivity index (χ0n) is 11.5. The van der Waals surface area contributed by atoms with Crippen LogP contribution in [0.3, 0.4) is 0 Å². The van der Waals surface area contributed by atoms with Gasteiger partial charge in [0, 0.05) is 12.6 Å². The van der Waals surface area contributed by atoms with Crippen molar-refractivity contribution < 1.29 is 18.0 Å². The number of hydrogen-bond donors (Lipinski definition) is 1. The Balaban J connectivity index is 0.00000172. The number of halogens is 3. The predicted octanol–water partition coefficient (Wildman–Crippen LogP) is 4.21. The highest BCUT2D eigenvalue weighted by Crippen LogP contribution is 2.30. The summed E-state index contributed by atoms with van der Waals surface area (Å²) in [4.78, 5) is 10.8. The van der Waals surface area contributed by atoms with Crippen LogP contribution in [0.1, 0.15) is 31.9 Å². The Morgan fingerprint density at radius 3 is 2.30 bits per heavy atom. The number of benzene rings is 1. The van der Waals surface area contributed by atoms with Crippen LogP contribution in [-0.2, 0) is 11.0 Å². The van der Waals surface area contributed by atoms with Gasteiger partial charge in [-0.25, -0.2) is 0 Å². The molecule has 1 aromatic rings. The average molecular weight is 303 g/mol. The van der Waals surface area contributed by atoms with Gasteiger partial charge in [-0.1, -0.05) is 44.8 Å². The summed E-state index contributed by atoms with van der Waals surface area (Å²) in [5.74, 6) is -0.377. The lowest BCUT2D eigenvalue weighted by atomic mass is 10.1. The van der Waals surface area contributed by atoms with E-state index in [9.17, 15) is 18.0 Å². The molecule has 0 aliphatic heterocycles. The molecule has 0 bridgehead atoms. The third-order valence-electron chi connectivity index (χ3n) is 2.12. The van der Waals surface area contributed by atoms with Crippen LogP contribution >= 0.6 is 12.2 Å². The molecule has 0 saturated heterocycles. The maximum Gasteiger partial charge on any atom is 0.416 e. The van der Waals surface area contributed by atoms with Gasteiger partial charge < -0.3 is 5.32 Å². The third-order valence-corrected chi connectivity index (χ3v) is 2.51. The smallest absolute Gasteiger partial charge is 0.344 e. The number of thiocarbonyl (C=S) groups is 1. The van der Waals surface area contributed by atoms with Crippen LogP contribution in [0.5, 0.6) is 0 Å². The lowest BCUT2D eigenvalue weighted by molar-refractivity contribution is -0.137. The average Bonchev–Trinajstić information content (AvgIpc) is 2.40. The zero-order chi connectivity index (χ0) is 15.9. The number of alkyl halides is 3. The second-order valence-electron chi connectivity index (χ2n) is 3.57. The number of nitrogens with one attached hydrogen (secondary N) is 1. The van der Waals surface area contributed by atoms with Crippen LogP contribution in [0.2, 0.25) is 0 Å². The summed E-state index contributed by atoms with van der Waals surface area (Å²) in [5.41, 5.74) is -0.397. The van der Waals surface area contributed by atoms with Crippen LogP contribution in [0.15, 0.2) is 30.8 Å². The number of Topliss-reactive ketones (excluding diaryl/α,β-unsaturated/α-hetero) is 1. The molecule has 1 N–H and O–H groups in total. The monoisotopic (exact) mass is 303 g/mol. The molecule has 20 heavy (non-hydrogen) atoms. The summed E-state index contributed by atoms with van der Waals surface area (Å²) in [7, 11) is 0. The maximum atomic E-state index is 12.5.